The molecule has 2 amide bonds. The van der Waals surface area contributed by atoms with E-state index in [-0.39, 0.29) is 17.7 Å². The van der Waals surface area contributed by atoms with Crippen molar-refractivity contribution < 1.29 is 24.2 Å². The molecule has 2 aromatic rings. The molecular weight excluding hydrogens is 444 g/mol. The number of carboxylic acid groups (broad SMARTS) is 1. The maximum atomic E-state index is 12.4. The predicted molar refractivity (Wildman–Crippen MR) is 133 cm³/mol. The third-order valence-electron chi connectivity index (χ3n) is 7.31. The fourth-order valence-electron chi connectivity index (χ4n) is 5.19. The number of piperidine rings is 1. The van der Waals surface area contributed by atoms with Gasteiger partial charge in [-0.05, 0) is 47.4 Å². The molecule has 2 atom stereocenters. The summed E-state index contributed by atoms with van der Waals surface area (Å²) in [6, 6.07) is 16.5. The monoisotopic (exact) mass is 478 g/mol. The van der Waals surface area contributed by atoms with Crippen LogP contribution in [0.25, 0.3) is 11.1 Å². The number of benzene rings is 2. The van der Waals surface area contributed by atoms with E-state index in [1.54, 1.807) is 4.90 Å². The van der Waals surface area contributed by atoms with Gasteiger partial charge in [0.1, 0.15) is 6.61 Å². The molecule has 0 spiro atoms. The molecule has 2 aromatic carbocycles. The molecule has 0 aromatic heterocycles. The number of hydrogen-bond donors (Lipinski definition) is 2. The van der Waals surface area contributed by atoms with Gasteiger partial charge in [-0.1, -0.05) is 61.9 Å². The number of nitrogens with zero attached hydrogens (tertiary/aromatic N) is 1. The smallest absolute Gasteiger partial charge is 0.407 e. The number of unbranched alkanes of at least 4 members (excludes halogenated alkanes) is 2. The number of fused-ring (bicyclic) bond motifs is 3. The molecule has 2 unspecified atom stereocenters. The Labute approximate surface area is 206 Å². The van der Waals surface area contributed by atoms with Crippen LogP contribution in [-0.4, -0.2) is 54.2 Å². The van der Waals surface area contributed by atoms with E-state index in [4.69, 9.17) is 4.74 Å². The molecular formula is C28H34N2O5. The molecule has 1 aliphatic carbocycles. The summed E-state index contributed by atoms with van der Waals surface area (Å²) >= 11 is 0. The van der Waals surface area contributed by atoms with Crippen molar-refractivity contribution >= 4 is 18.0 Å². The lowest BCUT2D eigenvalue weighted by molar-refractivity contribution is -0.148. The molecule has 1 fully saturated rings. The zero-order chi connectivity index (χ0) is 24.8. The van der Waals surface area contributed by atoms with Crippen molar-refractivity contribution in [3.63, 3.8) is 0 Å². The third-order valence-corrected chi connectivity index (χ3v) is 7.31. The summed E-state index contributed by atoms with van der Waals surface area (Å²) in [4.78, 5) is 37.7. The second kappa shape index (κ2) is 11.4. The highest BCUT2D eigenvalue weighted by Gasteiger charge is 2.33. The van der Waals surface area contributed by atoms with Gasteiger partial charge < -0.3 is 20.1 Å². The van der Waals surface area contributed by atoms with Crippen LogP contribution in [-0.2, 0) is 14.3 Å². The van der Waals surface area contributed by atoms with Crippen LogP contribution in [0.15, 0.2) is 48.5 Å². The second-order valence-corrected chi connectivity index (χ2v) is 9.61. The fraction of sp³-hybridized carbons (Fsp3) is 0.464. The maximum absolute atomic E-state index is 12.4. The first-order chi connectivity index (χ1) is 17.0. The molecule has 0 bridgehead atoms. The molecule has 0 radical (unpaired) electrons. The predicted octanol–water partition coefficient (Wildman–Crippen LogP) is 4.65. The van der Waals surface area contributed by atoms with Crippen molar-refractivity contribution in [2.24, 2.45) is 11.8 Å². The lowest BCUT2D eigenvalue weighted by Crippen LogP contribution is -2.45. The summed E-state index contributed by atoms with van der Waals surface area (Å²) < 4.78 is 5.54. The minimum atomic E-state index is -0.825. The van der Waals surface area contributed by atoms with E-state index in [0.717, 1.165) is 25.7 Å². The molecule has 1 heterocycles. The number of carboxylic acids is 1. The van der Waals surface area contributed by atoms with Crippen molar-refractivity contribution in [1.82, 2.24) is 10.2 Å². The molecule has 35 heavy (non-hydrogen) atoms. The first-order valence-electron chi connectivity index (χ1n) is 12.5. The minimum Gasteiger partial charge on any atom is -0.481 e. The van der Waals surface area contributed by atoms with Gasteiger partial charge in [0.15, 0.2) is 0 Å². The number of alkyl carbamates (subject to hydrolysis) is 1. The highest BCUT2D eigenvalue weighted by Crippen LogP contribution is 2.44. The van der Waals surface area contributed by atoms with E-state index >= 15 is 0 Å². The van der Waals surface area contributed by atoms with Gasteiger partial charge in [-0.25, -0.2) is 4.79 Å². The quantitative estimate of drug-likeness (QED) is 0.511. The van der Waals surface area contributed by atoms with Crippen LogP contribution in [0.3, 0.4) is 0 Å². The number of rotatable bonds is 9. The molecule has 4 rings (SSSR count). The van der Waals surface area contributed by atoms with Gasteiger partial charge in [-0.2, -0.15) is 0 Å². The number of amides is 2. The van der Waals surface area contributed by atoms with Crippen LogP contribution in [0, 0.1) is 11.8 Å². The summed E-state index contributed by atoms with van der Waals surface area (Å²) in [5, 5.41) is 12.1. The van der Waals surface area contributed by atoms with Crippen LogP contribution in [0.5, 0.6) is 0 Å². The molecule has 2 N–H and O–H groups in total. The highest BCUT2D eigenvalue weighted by molar-refractivity contribution is 5.79. The summed E-state index contributed by atoms with van der Waals surface area (Å²) in [6.07, 6.45) is 2.99. The minimum absolute atomic E-state index is 0.0210. The van der Waals surface area contributed by atoms with Gasteiger partial charge >= 0.3 is 12.1 Å². The Hall–Kier alpha value is -3.35. The van der Waals surface area contributed by atoms with E-state index in [1.807, 2.05) is 31.2 Å². The zero-order valence-electron chi connectivity index (χ0n) is 20.2. The molecule has 186 valence electrons. The Morgan fingerprint density at radius 1 is 1.00 bits per heavy atom. The van der Waals surface area contributed by atoms with Crippen LogP contribution < -0.4 is 5.32 Å². The van der Waals surface area contributed by atoms with Gasteiger partial charge in [0.2, 0.25) is 5.91 Å². The van der Waals surface area contributed by atoms with E-state index in [1.165, 1.54) is 22.3 Å². The first kappa shape index (κ1) is 24.8. The van der Waals surface area contributed by atoms with E-state index in [9.17, 15) is 19.5 Å². The Kier molecular flexibility index (Phi) is 8.06. The topological polar surface area (TPSA) is 95.9 Å². The number of hydrogen-bond acceptors (Lipinski definition) is 4. The molecule has 1 saturated heterocycles. The Bertz CT molecular complexity index is 1020. The number of likely N-dealkylation sites (tertiary alicyclic amines) is 1. The molecule has 7 nitrogen and oxygen atoms in total. The summed E-state index contributed by atoms with van der Waals surface area (Å²) in [5.74, 6) is -1.14. The summed E-state index contributed by atoms with van der Waals surface area (Å²) in [6.45, 7) is 3.66. The highest BCUT2D eigenvalue weighted by atomic mass is 16.5. The van der Waals surface area contributed by atoms with Gasteiger partial charge in [-0.3, -0.25) is 9.59 Å². The second-order valence-electron chi connectivity index (χ2n) is 9.61. The molecule has 1 aliphatic heterocycles. The number of ether oxygens (including phenoxy) is 1. The Balaban J connectivity index is 1.13. The summed E-state index contributed by atoms with van der Waals surface area (Å²) in [7, 11) is 0. The van der Waals surface area contributed by atoms with Crippen molar-refractivity contribution in [3.05, 3.63) is 59.7 Å². The third kappa shape index (κ3) is 5.84. The van der Waals surface area contributed by atoms with Crippen molar-refractivity contribution in [3.8, 4) is 11.1 Å². The SMILES string of the molecule is CC1CCN(C(=O)CCCCCNC(=O)OCC2c3ccccc3-c3ccccc32)CC1C(=O)O. The van der Waals surface area contributed by atoms with E-state index < -0.39 is 18.0 Å². The standard InChI is InChI=1S/C28H34N2O5/c1-19-14-16-30(17-24(19)27(32)33)26(31)13-3-2-8-15-29-28(34)35-18-25-22-11-6-4-9-20(22)21-10-5-7-12-23(21)25/h4-7,9-12,19,24-25H,2-3,8,13-18H2,1H3,(H,29,34)(H,32,33). The number of aliphatic carboxylic acids is 1. The van der Waals surface area contributed by atoms with E-state index in [0.29, 0.717) is 32.7 Å². The van der Waals surface area contributed by atoms with Gasteiger partial charge in [0.05, 0.1) is 5.92 Å². The van der Waals surface area contributed by atoms with Crippen molar-refractivity contribution in [2.45, 2.75) is 44.9 Å². The zero-order valence-corrected chi connectivity index (χ0v) is 20.2. The number of carbonyl (C=O) groups is 3. The van der Waals surface area contributed by atoms with Gasteiger partial charge in [-0.15, -0.1) is 0 Å². The fourth-order valence-corrected chi connectivity index (χ4v) is 5.19. The largest absolute Gasteiger partial charge is 0.481 e. The number of nitrogens with one attached hydrogen (secondary N) is 1. The average molecular weight is 479 g/mol. The van der Waals surface area contributed by atoms with E-state index in [2.05, 4.69) is 29.6 Å². The van der Waals surface area contributed by atoms with Crippen LogP contribution in [0.2, 0.25) is 0 Å². The average Bonchev–Trinajstić information content (AvgIpc) is 3.18. The lowest BCUT2D eigenvalue weighted by atomic mass is 9.87. The number of carbonyl (C=O) groups excluding carboxylic acids is 2. The van der Waals surface area contributed by atoms with Crippen molar-refractivity contribution in [2.75, 3.05) is 26.2 Å². The molecule has 0 saturated carbocycles. The van der Waals surface area contributed by atoms with Crippen LogP contribution >= 0.6 is 0 Å². The van der Waals surface area contributed by atoms with Crippen LogP contribution in [0.1, 0.15) is 56.1 Å². The summed E-state index contributed by atoms with van der Waals surface area (Å²) in [5.41, 5.74) is 4.77. The van der Waals surface area contributed by atoms with Gasteiger partial charge in [0, 0.05) is 32.0 Å². The Morgan fingerprint density at radius 2 is 1.66 bits per heavy atom. The Morgan fingerprint density at radius 3 is 2.31 bits per heavy atom. The lowest BCUT2D eigenvalue weighted by Gasteiger charge is -2.35. The molecule has 2 aliphatic rings. The van der Waals surface area contributed by atoms with Crippen molar-refractivity contribution in [1.29, 1.82) is 0 Å². The first-order valence-corrected chi connectivity index (χ1v) is 12.5. The van der Waals surface area contributed by atoms with Gasteiger partial charge in [0.25, 0.3) is 0 Å². The maximum Gasteiger partial charge on any atom is 0.407 e. The molecule has 7 heteroatoms. The normalized spacial score (nSPS) is 19.1. The van der Waals surface area contributed by atoms with Crippen LogP contribution in [0.4, 0.5) is 4.79 Å².